The summed E-state index contributed by atoms with van der Waals surface area (Å²) in [6.07, 6.45) is 3.46. The Hall–Kier alpha value is -1.60. The van der Waals surface area contributed by atoms with Crippen molar-refractivity contribution in [3.63, 3.8) is 0 Å². The van der Waals surface area contributed by atoms with Crippen LogP contribution in [-0.4, -0.2) is 35.0 Å². The third-order valence-electron chi connectivity index (χ3n) is 3.34. The number of ether oxygens (including phenoxy) is 1. The SMILES string of the molecule is COc1nc2sccn2c1CNC1CCC(=O)NC1. The number of aromatic nitrogens is 2. The van der Waals surface area contributed by atoms with Crippen molar-refractivity contribution in [2.75, 3.05) is 13.7 Å². The van der Waals surface area contributed by atoms with Gasteiger partial charge >= 0.3 is 0 Å². The fraction of sp³-hybridized carbons (Fsp3) is 0.500. The van der Waals surface area contributed by atoms with Gasteiger partial charge in [-0.1, -0.05) is 0 Å². The first kappa shape index (κ1) is 12.4. The summed E-state index contributed by atoms with van der Waals surface area (Å²) in [6.45, 7) is 1.37. The van der Waals surface area contributed by atoms with E-state index in [-0.39, 0.29) is 5.91 Å². The summed E-state index contributed by atoms with van der Waals surface area (Å²) in [5, 5.41) is 8.33. The van der Waals surface area contributed by atoms with Gasteiger partial charge in [-0.25, -0.2) is 0 Å². The number of nitrogens with one attached hydrogen (secondary N) is 2. The summed E-state index contributed by atoms with van der Waals surface area (Å²) >= 11 is 1.59. The number of piperidine rings is 1. The summed E-state index contributed by atoms with van der Waals surface area (Å²) in [6, 6.07) is 0.312. The van der Waals surface area contributed by atoms with Crippen LogP contribution in [0, 0.1) is 0 Å². The molecule has 102 valence electrons. The summed E-state index contributed by atoms with van der Waals surface area (Å²) in [5.74, 6) is 0.805. The molecule has 0 aliphatic carbocycles. The number of carbonyl (C=O) groups is 1. The summed E-state index contributed by atoms with van der Waals surface area (Å²) in [5.41, 5.74) is 1.02. The van der Waals surface area contributed by atoms with Crippen molar-refractivity contribution in [2.24, 2.45) is 0 Å². The maximum Gasteiger partial charge on any atom is 0.237 e. The summed E-state index contributed by atoms with van der Waals surface area (Å²) < 4.78 is 7.35. The van der Waals surface area contributed by atoms with Crippen LogP contribution in [0.15, 0.2) is 11.6 Å². The molecule has 0 aromatic carbocycles. The Labute approximate surface area is 114 Å². The topological polar surface area (TPSA) is 67.7 Å². The highest BCUT2D eigenvalue weighted by molar-refractivity contribution is 7.15. The minimum atomic E-state index is 0.139. The van der Waals surface area contributed by atoms with Crippen LogP contribution in [-0.2, 0) is 11.3 Å². The molecule has 2 aromatic rings. The van der Waals surface area contributed by atoms with Crippen molar-refractivity contribution < 1.29 is 9.53 Å². The Bertz CT molecular complexity index is 582. The van der Waals surface area contributed by atoms with Gasteiger partial charge in [0.05, 0.1) is 7.11 Å². The van der Waals surface area contributed by atoms with E-state index in [1.807, 2.05) is 16.0 Å². The molecule has 7 heteroatoms. The predicted octanol–water partition coefficient (Wildman–Crippen LogP) is 0.773. The molecule has 1 fully saturated rings. The molecule has 0 spiro atoms. The lowest BCUT2D eigenvalue weighted by Crippen LogP contribution is -2.45. The van der Waals surface area contributed by atoms with Gasteiger partial charge in [0.25, 0.3) is 0 Å². The van der Waals surface area contributed by atoms with E-state index in [0.29, 0.717) is 31.4 Å². The van der Waals surface area contributed by atoms with Crippen LogP contribution in [0.25, 0.3) is 4.96 Å². The summed E-state index contributed by atoms with van der Waals surface area (Å²) in [7, 11) is 1.64. The average molecular weight is 280 g/mol. The van der Waals surface area contributed by atoms with E-state index in [2.05, 4.69) is 15.6 Å². The molecule has 1 atom stereocenters. The van der Waals surface area contributed by atoms with Crippen molar-refractivity contribution in [1.29, 1.82) is 0 Å². The number of carbonyl (C=O) groups excluding carboxylic acids is 1. The number of hydrogen-bond donors (Lipinski definition) is 2. The number of imidazole rings is 1. The highest BCUT2D eigenvalue weighted by Gasteiger charge is 2.19. The molecule has 0 bridgehead atoms. The van der Waals surface area contributed by atoms with Gasteiger partial charge in [0.1, 0.15) is 5.69 Å². The van der Waals surface area contributed by atoms with Crippen molar-refractivity contribution in [1.82, 2.24) is 20.0 Å². The van der Waals surface area contributed by atoms with Crippen LogP contribution in [0.1, 0.15) is 18.5 Å². The van der Waals surface area contributed by atoms with E-state index in [1.54, 1.807) is 18.4 Å². The highest BCUT2D eigenvalue weighted by Crippen LogP contribution is 2.23. The lowest BCUT2D eigenvalue weighted by atomic mass is 10.1. The largest absolute Gasteiger partial charge is 0.480 e. The number of rotatable bonds is 4. The molecule has 1 amide bonds. The zero-order valence-electron chi connectivity index (χ0n) is 10.7. The molecule has 3 heterocycles. The number of thiazole rings is 1. The first-order valence-electron chi connectivity index (χ1n) is 6.26. The third kappa shape index (κ3) is 2.43. The van der Waals surface area contributed by atoms with Crippen LogP contribution in [0.2, 0.25) is 0 Å². The number of hydrogen-bond acceptors (Lipinski definition) is 5. The monoisotopic (exact) mass is 280 g/mol. The van der Waals surface area contributed by atoms with E-state index in [9.17, 15) is 4.79 Å². The molecule has 1 unspecified atom stereocenters. The Morgan fingerprint density at radius 2 is 2.58 bits per heavy atom. The van der Waals surface area contributed by atoms with Gasteiger partial charge in [-0.3, -0.25) is 9.20 Å². The molecule has 1 saturated heterocycles. The maximum absolute atomic E-state index is 11.1. The minimum Gasteiger partial charge on any atom is -0.480 e. The smallest absolute Gasteiger partial charge is 0.237 e. The lowest BCUT2D eigenvalue weighted by Gasteiger charge is -2.23. The first-order valence-corrected chi connectivity index (χ1v) is 7.14. The molecule has 6 nitrogen and oxygen atoms in total. The fourth-order valence-corrected chi connectivity index (χ4v) is 3.01. The molecule has 2 N–H and O–H groups in total. The second kappa shape index (κ2) is 5.18. The molecule has 2 aromatic heterocycles. The number of methoxy groups -OCH3 is 1. The van der Waals surface area contributed by atoms with Gasteiger partial charge < -0.3 is 15.4 Å². The van der Waals surface area contributed by atoms with E-state index >= 15 is 0 Å². The number of amides is 1. The van der Waals surface area contributed by atoms with Gasteiger partial charge in [0, 0.05) is 37.1 Å². The molecular weight excluding hydrogens is 264 g/mol. The average Bonchev–Trinajstić information content (AvgIpc) is 2.99. The molecule has 1 aliphatic heterocycles. The van der Waals surface area contributed by atoms with Gasteiger partial charge in [-0.15, -0.1) is 11.3 Å². The maximum atomic E-state index is 11.1. The van der Waals surface area contributed by atoms with E-state index in [1.165, 1.54) is 0 Å². The van der Waals surface area contributed by atoms with Crippen molar-refractivity contribution in [2.45, 2.75) is 25.4 Å². The molecule has 1 aliphatic rings. The fourth-order valence-electron chi connectivity index (χ4n) is 2.29. The molecule has 19 heavy (non-hydrogen) atoms. The third-order valence-corrected chi connectivity index (χ3v) is 4.10. The van der Waals surface area contributed by atoms with Gasteiger partial charge in [-0.2, -0.15) is 4.98 Å². The molecule has 0 saturated carbocycles. The quantitative estimate of drug-likeness (QED) is 0.868. The van der Waals surface area contributed by atoms with Crippen LogP contribution >= 0.6 is 11.3 Å². The Kier molecular flexibility index (Phi) is 3.39. The molecular formula is C12H16N4O2S. The van der Waals surface area contributed by atoms with Crippen LogP contribution in [0.5, 0.6) is 5.88 Å². The molecule has 3 rings (SSSR count). The van der Waals surface area contributed by atoms with Gasteiger partial charge in [-0.05, 0) is 6.42 Å². The van der Waals surface area contributed by atoms with Crippen molar-refractivity contribution in [3.05, 3.63) is 17.3 Å². The van der Waals surface area contributed by atoms with Gasteiger partial charge in [0.2, 0.25) is 11.8 Å². The zero-order chi connectivity index (χ0) is 13.2. The van der Waals surface area contributed by atoms with Crippen molar-refractivity contribution in [3.8, 4) is 5.88 Å². The Morgan fingerprint density at radius 3 is 3.32 bits per heavy atom. The second-order valence-corrected chi connectivity index (χ2v) is 5.42. The Morgan fingerprint density at radius 1 is 1.68 bits per heavy atom. The lowest BCUT2D eigenvalue weighted by molar-refractivity contribution is -0.122. The zero-order valence-corrected chi connectivity index (χ0v) is 11.5. The van der Waals surface area contributed by atoms with Crippen LogP contribution < -0.4 is 15.4 Å². The van der Waals surface area contributed by atoms with Crippen LogP contribution in [0.3, 0.4) is 0 Å². The van der Waals surface area contributed by atoms with Gasteiger partial charge in [0.15, 0.2) is 4.96 Å². The second-order valence-electron chi connectivity index (χ2n) is 4.54. The minimum absolute atomic E-state index is 0.139. The number of nitrogens with zero attached hydrogens (tertiary/aromatic N) is 2. The van der Waals surface area contributed by atoms with E-state index in [0.717, 1.165) is 17.1 Å². The Balaban J connectivity index is 1.70. The predicted molar refractivity (Wildman–Crippen MR) is 72.5 cm³/mol. The first-order chi connectivity index (χ1) is 9.28. The van der Waals surface area contributed by atoms with Crippen LogP contribution in [0.4, 0.5) is 0 Å². The highest BCUT2D eigenvalue weighted by atomic mass is 32.1. The standard InChI is InChI=1S/C12H16N4O2S/c1-18-11-9(16-4-5-19-12(16)15-11)7-13-8-2-3-10(17)14-6-8/h4-5,8,13H,2-3,6-7H2,1H3,(H,14,17). The normalized spacial score (nSPS) is 19.6. The molecule has 0 radical (unpaired) electrons. The summed E-state index contributed by atoms with van der Waals surface area (Å²) in [4.78, 5) is 16.5. The van der Waals surface area contributed by atoms with E-state index < -0.39 is 0 Å². The number of fused-ring (bicyclic) bond motifs is 1. The van der Waals surface area contributed by atoms with Crippen molar-refractivity contribution >= 4 is 22.2 Å². The van der Waals surface area contributed by atoms with E-state index in [4.69, 9.17) is 4.74 Å².